The van der Waals surface area contributed by atoms with Gasteiger partial charge >= 0.3 is 10.1 Å². The first-order valence-corrected chi connectivity index (χ1v) is 9.42. The summed E-state index contributed by atoms with van der Waals surface area (Å²) in [6, 6.07) is 14.3. The van der Waals surface area contributed by atoms with Gasteiger partial charge < -0.3 is 9.50 Å². The summed E-state index contributed by atoms with van der Waals surface area (Å²) in [5.74, 6) is -0.0444. The first-order chi connectivity index (χ1) is 11.4. The molecule has 2 aromatic rings. The Kier molecular flexibility index (Phi) is 4.70. The molecule has 1 fully saturated rings. The second kappa shape index (κ2) is 6.76. The zero-order chi connectivity index (χ0) is 17.2. The molecule has 1 N–H and O–H groups in total. The normalized spacial score (nSPS) is 16.2. The first-order valence-electron chi connectivity index (χ1n) is 6.78. The van der Waals surface area contributed by atoms with E-state index >= 15 is 0 Å². The van der Waals surface area contributed by atoms with E-state index in [1.165, 1.54) is 36.0 Å². The lowest BCUT2D eigenvalue weighted by Gasteiger charge is -2.07. The highest BCUT2D eigenvalue weighted by Gasteiger charge is 2.22. The second-order valence-electron chi connectivity index (χ2n) is 4.77. The molecule has 0 atom stereocenters. The van der Waals surface area contributed by atoms with Crippen molar-refractivity contribution >= 4 is 50.4 Å². The van der Waals surface area contributed by atoms with E-state index < -0.39 is 10.1 Å². The van der Waals surface area contributed by atoms with Crippen LogP contribution in [0, 0.1) is 0 Å². The van der Waals surface area contributed by atoms with Crippen LogP contribution in [0.2, 0.25) is 0 Å². The smallest absolute Gasteiger partial charge is 0.339 e. The maximum absolute atomic E-state index is 12.1. The minimum absolute atomic E-state index is 0.0868. The predicted octanol–water partition coefficient (Wildman–Crippen LogP) is 2.94. The number of carbonyl (C=O) groups is 1. The Balaban J connectivity index is 1.77. The van der Waals surface area contributed by atoms with Gasteiger partial charge in [-0.2, -0.15) is 8.42 Å². The third-order valence-electron chi connectivity index (χ3n) is 3.06. The van der Waals surface area contributed by atoms with Crippen molar-refractivity contribution in [2.45, 2.75) is 4.90 Å². The number of amides is 1. The van der Waals surface area contributed by atoms with Gasteiger partial charge in [0.15, 0.2) is 0 Å². The molecule has 5 nitrogen and oxygen atoms in total. The van der Waals surface area contributed by atoms with Gasteiger partial charge in [-0.3, -0.25) is 4.79 Å². The first kappa shape index (κ1) is 16.7. The highest BCUT2D eigenvalue weighted by atomic mass is 32.2. The number of hydrogen-bond acceptors (Lipinski definition) is 6. The van der Waals surface area contributed by atoms with E-state index in [-0.39, 0.29) is 16.6 Å². The van der Waals surface area contributed by atoms with E-state index in [4.69, 9.17) is 16.4 Å². The molecule has 1 aliphatic heterocycles. The summed E-state index contributed by atoms with van der Waals surface area (Å²) < 4.78 is 29.8. The van der Waals surface area contributed by atoms with Gasteiger partial charge in [0.25, 0.3) is 5.91 Å². The third-order valence-corrected chi connectivity index (χ3v) is 5.48. The lowest BCUT2D eigenvalue weighted by Crippen LogP contribution is -2.17. The van der Waals surface area contributed by atoms with Crippen molar-refractivity contribution in [1.82, 2.24) is 5.32 Å². The molecular formula is C16H11NO4S3. The average Bonchev–Trinajstić information content (AvgIpc) is 2.87. The van der Waals surface area contributed by atoms with E-state index in [0.717, 1.165) is 5.56 Å². The van der Waals surface area contributed by atoms with Crippen LogP contribution < -0.4 is 9.50 Å². The number of carbonyl (C=O) groups excluding carboxylic acids is 1. The molecule has 24 heavy (non-hydrogen) atoms. The maximum Gasteiger partial charge on any atom is 0.339 e. The maximum atomic E-state index is 12.1. The Morgan fingerprint density at radius 3 is 2.29 bits per heavy atom. The number of nitrogens with one attached hydrogen (secondary N) is 1. The van der Waals surface area contributed by atoms with Crippen LogP contribution >= 0.6 is 24.0 Å². The number of hydrogen-bond donors (Lipinski definition) is 1. The Bertz CT molecular complexity index is 920. The Morgan fingerprint density at radius 1 is 1.04 bits per heavy atom. The zero-order valence-electron chi connectivity index (χ0n) is 12.1. The van der Waals surface area contributed by atoms with Crippen LogP contribution in [0.1, 0.15) is 5.56 Å². The molecular weight excluding hydrogens is 366 g/mol. The van der Waals surface area contributed by atoms with Crippen molar-refractivity contribution in [2.75, 3.05) is 0 Å². The molecule has 0 radical (unpaired) electrons. The molecule has 122 valence electrons. The molecule has 2 aromatic carbocycles. The van der Waals surface area contributed by atoms with Gasteiger partial charge in [0, 0.05) is 0 Å². The van der Waals surface area contributed by atoms with Crippen LogP contribution in [-0.4, -0.2) is 18.6 Å². The van der Waals surface area contributed by atoms with E-state index in [1.54, 1.807) is 36.4 Å². The molecule has 0 unspecified atom stereocenters. The number of benzene rings is 2. The molecule has 1 aliphatic rings. The highest BCUT2D eigenvalue weighted by Crippen LogP contribution is 2.27. The molecule has 0 aliphatic carbocycles. The van der Waals surface area contributed by atoms with Crippen molar-refractivity contribution < 1.29 is 17.4 Å². The highest BCUT2D eigenvalue weighted by molar-refractivity contribution is 8.26. The van der Waals surface area contributed by atoms with Crippen molar-refractivity contribution in [3.05, 3.63) is 65.1 Å². The quantitative estimate of drug-likeness (QED) is 0.502. The minimum Gasteiger partial charge on any atom is -0.379 e. The molecule has 3 rings (SSSR count). The summed E-state index contributed by atoms with van der Waals surface area (Å²) in [5.41, 5.74) is 0.738. The summed E-state index contributed by atoms with van der Waals surface area (Å²) in [6.45, 7) is 0. The summed E-state index contributed by atoms with van der Waals surface area (Å²) in [6.07, 6.45) is 1.68. The van der Waals surface area contributed by atoms with E-state index in [0.29, 0.717) is 9.23 Å². The van der Waals surface area contributed by atoms with Crippen LogP contribution in [0.25, 0.3) is 6.08 Å². The van der Waals surface area contributed by atoms with Crippen molar-refractivity contribution in [1.29, 1.82) is 0 Å². The van der Waals surface area contributed by atoms with Crippen LogP contribution in [0.5, 0.6) is 5.75 Å². The van der Waals surface area contributed by atoms with Crippen LogP contribution in [-0.2, 0) is 14.9 Å². The topological polar surface area (TPSA) is 72.5 Å². The SMILES string of the molecule is O=C1NC(=S)S/C1=C/c1ccc(OS(=O)(=O)c2ccccc2)cc1. The van der Waals surface area contributed by atoms with Gasteiger partial charge in [0.05, 0.1) is 4.91 Å². The molecule has 0 aromatic heterocycles. The molecule has 0 bridgehead atoms. The minimum atomic E-state index is -3.87. The van der Waals surface area contributed by atoms with Crippen molar-refractivity contribution in [3.63, 3.8) is 0 Å². The molecule has 0 saturated carbocycles. The van der Waals surface area contributed by atoms with Crippen molar-refractivity contribution in [3.8, 4) is 5.75 Å². The molecule has 0 spiro atoms. The summed E-state index contributed by atoms with van der Waals surface area (Å²) in [4.78, 5) is 12.2. The fourth-order valence-electron chi connectivity index (χ4n) is 1.95. The summed E-state index contributed by atoms with van der Waals surface area (Å²) in [7, 11) is -3.87. The molecule has 1 saturated heterocycles. The standard InChI is InChI=1S/C16H11NO4S3/c18-15-14(23-16(22)17-15)10-11-6-8-12(9-7-11)21-24(19,20)13-4-2-1-3-5-13/h1-10H,(H,17,18,22)/b14-10+. The van der Waals surface area contributed by atoms with E-state index in [9.17, 15) is 13.2 Å². The monoisotopic (exact) mass is 377 g/mol. The van der Waals surface area contributed by atoms with Crippen molar-refractivity contribution in [2.24, 2.45) is 0 Å². The predicted molar refractivity (Wildman–Crippen MR) is 97.0 cm³/mol. The lowest BCUT2D eigenvalue weighted by molar-refractivity contribution is -0.115. The number of rotatable bonds is 4. The Hall–Kier alpha value is -2.16. The molecule has 1 heterocycles. The van der Waals surface area contributed by atoms with Gasteiger partial charge in [0.2, 0.25) is 0 Å². The molecule has 1 amide bonds. The van der Waals surface area contributed by atoms with Gasteiger partial charge in [-0.15, -0.1) is 0 Å². The van der Waals surface area contributed by atoms with Gasteiger partial charge in [-0.1, -0.05) is 54.3 Å². The fourth-order valence-corrected chi connectivity index (χ4v) is 3.95. The van der Waals surface area contributed by atoms with Crippen LogP contribution in [0.3, 0.4) is 0 Å². The lowest BCUT2D eigenvalue weighted by atomic mass is 10.2. The zero-order valence-corrected chi connectivity index (χ0v) is 14.6. The van der Waals surface area contributed by atoms with Gasteiger partial charge in [-0.25, -0.2) is 0 Å². The largest absolute Gasteiger partial charge is 0.379 e. The Morgan fingerprint density at radius 2 is 1.71 bits per heavy atom. The van der Waals surface area contributed by atoms with E-state index in [1.807, 2.05) is 0 Å². The third kappa shape index (κ3) is 3.84. The number of thiocarbonyl (C=S) groups is 1. The molecule has 8 heteroatoms. The Labute approximate surface area is 148 Å². The van der Waals surface area contributed by atoms with Gasteiger partial charge in [0.1, 0.15) is 15.0 Å². The van der Waals surface area contributed by atoms with Crippen LogP contribution in [0.4, 0.5) is 0 Å². The summed E-state index contributed by atoms with van der Waals surface area (Å²) >= 11 is 6.10. The number of thioether (sulfide) groups is 1. The van der Waals surface area contributed by atoms with E-state index in [2.05, 4.69) is 5.32 Å². The average molecular weight is 377 g/mol. The van der Waals surface area contributed by atoms with Crippen LogP contribution in [0.15, 0.2) is 64.4 Å². The van der Waals surface area contributed by atoms with Gasteiger partial charge in [-0.05, 0) is 35.9 Å². The second-order valence-corrected chi connectivity index (χ2v) is 8.04. The fraction of sp³-hybridized carbons (Fsp3) is 0. The summed E-state index contributed by atoms with van der Waals surface area (Å²) in [5, 5.41) is 2.53.